The van der Waals surface area contributed by atoms with Gasteiger partial charge in [-0.25, -0.2) is 0 Å². The summed E-state index contributed by atoms with van der Waals surface area (Å²) in [4.78, 5) is 25.6. The maximum Gasteiger partial charge on any atom is 0.311 e. The van der Waals surface area contributed by atoms with Crippen molar-refractivity contribution in [3.63, 3.8) is 0 Å². The fourth-order valence-electron chi connectivity index (χ4n) is 3.54. The number of fused-ring (bicyclic) bond motifs is 1. The van der Waals surface area contributed by atoms with E-state index < -0.39 is 17.3 Å². The van der Waals surface area contributed by atoms with Crippen molar-refractivity contribution in [1.29, 1.82) is 0 Å². The largest absolute Gasteiger partial charge is 0.593 e. The summed E-state index contributed by atoms with van der Waals surface area (Å²) in [6, 6.07) is 16.2. The number of hydrogen-bond acceptors (Lipinski definition) is 6. The molecule has 0 amide bonds. The van der Waals surface area contributed by atoms with Gasteiger partial charge in [0.15, 0.2) is 11.6 Å². The second-order valence-electron chi connectivity index (χ2n) is 7.30. The van der Waals surface area contributed by atoms with E-state index in [0.29, 0.717) is 28.8 Å². The second kappa shape index (κ2) is 9.01. The molecule has 1 fully saturated rings. The third-order valence-electron chi connectivity index (χ3n) is 5.14. The Bertz CT molecular complexity index is 1100. The Hall–Kier alpha value is -2.65. The molecule has 4 rings (SSSR count). The van der Waals surface area contributed by atoms with Crippen LogP contribution in [0.3, 0.4) is 0 Å². The van der Waals surface area contributed by atoms with Crippen molar-refractivity contribution in [2.24, 2.45) is 5.73 Å². The lowest BCUT2D eigenvalue weighted by atomic mass is 10.2. The zero-order valence-electron chi connectivity index (χ0n) is 16.4. The molecule has 1 aromatic heterocycles. The molecule has 2 aromatic carbocycles. The van der Waals surface area contributed by atoms with E-state index in [-0.39, 0.29) is 24.8 Å². The van der Waals surface area contributed by atoms with Gasteiger partial charge in [0.05, 0.1) is 29.7 Å². The maximum atomic E-state index is 13.0. The van der Waals surface area contributed by atoms with Crippen LogP contribution in [0.2, 0.25) is 0 Å². The van der Waals surface area contributed by atoms with Gasteiger partial charge in [-0.3, -0.25) is 14.2 Å². The number of nitrogens with two attached hydrogens (primary N) is 1. The van der Waals surface area contributed by atoms with Crippen LogP contribution in [0, 0.1) is 0 Å². The lowest BCUT2D eigenvalue weighted by Crippen LogP contribution is -2.32. The molecule has 0 radical (unpaired) electrons. The van der Waals surface area contributed by atoms with E-state index in [1.165, 1.54) is 4.57 Å². The van der Waals surface area contributed by atoms with E-state index in [4.69, 9.17) is 10.5 Å². The topological polar surface area (TPSA) is 101 Å². The van der Waals surface area contributed by atoms with Gasteiger partial charge < -0.3 is 15.0 Å². The summed E-state index contributed by atoms with van der Waals surface area (Å²) in [7, 11) is 0. The Morgan fingerprint density at radius 2 is 1.93 bits per heavy atom. The Morgan fingerprint density at radius 3 is 2.67 bits per heavy atom. The zero-order chi connectivity index (χ0) is 21.1. The minimum Gasteiger partial charge on any atom is -0.593 e. The van der Waals surface area contributed by atoms with Gasteiger partial charge in [0, 0.05) is 24.2 Å². The van der Waals surface area contributed by atoms with E-state index in [2.05, 4.69) is 0 Å². The fourth-order valence-corrected chi connectivity index (χ4v) is 4.98. The average Bonchev–Trinajstić information content (AvgIpc) is 3.19. The first-order valence-electron chi connectivity index (χ1n) is 9.77. The third kappa shape index (κ3) is 4.41. The molecule has 1 aliphatic rings. The van der Waals surface area contributed by atoms with Crippen LogP contribution in [-0.2, 0) is 34.0 Å². The van der Waals surface area contributed by atoms with Crippen LogP contribution in [0.4, 0.5) is 0 Å². The standard InChI is InChI=1S/C22H23N3O4S/c23-17-9-12-25(14-17)30(28)20-8-4-7-19-18(20)10-11-24(22(19)27)15-29-21(26)13-16-5-2-1-3-6-16/h1-8,10-11,17H,9,12-15,23H2. The van der Waals surface area contributed by atoms with Crippen molar-refractivity contribution in [3.8, 4) is 0 Å². The molecule has 2 N–H and O–H groups in total. The number of nitrogens with zero attached hydrogens (tertiary/aromatic N) is 2. The molecule has 156 valence electrons. The van der Waals surface area contributed by atoms with Gasteiger partial charge in [0.2, 0.25) is 0 Å². The molecule has 0 bridgehead atoms. The van der Waals surface area contributed by atoms with Gasteiger partial charge >= 0.3 is 5.97 Å². The van der Waals surface area contributed by atoms with E-state index in [1.807, 2.05) is 34.6 Å². The van der Waals surface area contributed by atoms with Crippen LogP contribution in [0.5, 0.6) is 0 Å². The Labute approximate surface area is 177 Å². The molecule has 0 saturated carbocycles. The lowest BCUT2D eigenvalue weighted by Gasteiger charge is -2.20. The molecule has 2 atom stereocenters. The number of aromatic nitrogens is 1. The van der Waals surface area contributed by atoms with Gasteiger partial charge in [-0.15, -0.1) is 4.31 Å². The molecule has 7 nitrogen and oxygen atoms in total. The van der Waals surface area contributed by atoms with E-state index in [1.54, 1.807) is 30.5 Å². The number of ether oxygens (including phenoxy) is 1. The summed E-state index contributed by atoms with van der Waals surface area (Å²) < 4.78 is 21.4. The number of pyridine rings is 1. The first kappa shape index (κ1) is 20.6. The van der Waals surface area contributed by atoms with Crippen molar-refractivity contribution >= 4 is 28.1 Å². The highest BCUT2D eigenvalue weighted by Gasteiger charge is 2.31. The van der Waals surface area contributed by atoms with E-state index in [9.17, 15) is 14.1 Å². The van der Waals surface area contributed by atoms with Gasteiger partial charge in [-0.05, 0) is 30.2 Å². The van der Waals surface area contributed by atoms with Crippen LogP contribution in [0.15, 0.2) is 70.5 Å². The predicted molar refractivity (Wildman–Crippen MR) is 115 cm³/mol. The molecule has 2 heterocycles. The molecular weight excluding hydrogens is 402 g/mol. The van der Waals surface area contributed by atoms with Gasteiger partial charge in [-0.1, -0.05) is 36.4 Å². The Kier molecular flexibility index (Phi) is 6.19. The average molecular weight is 426 g/mol. The summed E-state index contributed by atoms with van der Waals surface area (Å²) in [6.45, 7) is 1.06. The molecule has 8 heteroatoms. The fraction of sp³-hybridized carbons (Fsp3) is 0.273. The summed E-state index contributed by atoms with van der Waals surface area (Å²) in [6.07, 6.45) is 2.51. The van der Waals surface area contributed by atoms with Crippen LogP contribution >= 0.6 is 0 Å². The summed E-state index contributed by atoms with van der Waals surface area (Å²) >= 11 is -1.38. The summed E-state index contributed by atoms with van der Waals surface area (Å²) in [5, 5.41) is 1.07. The minimum absolute atomic E-state index is 0.0201. The molecule has 1 saturated heterocycles. The molecule has 2 unspecified atom stereocenters. The number of carbonyl (C=O) groups is 1. The summed E-state index contributed by atoms with van der Waals surface area (Å²) in [5.41, 5.74) is 6.49. The van der Waals surface area contributed by atoms with Crippen molar-refractivity contribution in [1.82, 2.24) is 8.87 Å². The molecule has 30 heavy (non-hydrogen) atoms. The van der Waals surface area contributed by atoms with Crippen LogP contribution < -0.4 is 11.3 Å². The second-order valence-corrected chi connectivity index (χ2v) is 8.76. The predicted octanol–water partition coefficient (Wildman–Crippen LogP) is 1.80. The Morgan fingerprint density at radius 1 is 1.13 bits per heavy atom. The highest BCUT2D eigenvalue weighted by Crippen LogP contribution is 2.26. The number of hydrogen-bond donors (Lipinski definition) is 1. The van der Waals surface area contributed by atoms with Crippen LogP contribution in [0.25, 0.3) is 10.8 Å². The molecule has 0 spiro atoms. The molecule has 1 aliphatic heterocycles. The Balaban J connectivity index is 1.51. The van der Waals surface area contributed by atoms with Crippen LogP contribution in [-0.4, -0.2) is 38.5 Å². The molecule has 3 aromatic rings. The first-order chi connectivity index (χ1) is 14.5. The van der Waals surface area contributed by atoms with Crippen LogP contribution in [0.1, 0.15) is 12.0 Å². The third-order valence-corrected chi connectivity index (χ3v) is 6.68. The van der Waals surface area contributed by atoms with Crippen molar-refractivity contribution in [2.45, 2.75) is 30.5 Å². The number of esters is 1. The number of rotatable bonds is 6. The smallest absolute Gasteiger partial charge is 0.311 e. The monoisotopic (exact) mass is 425 g/mol. The van der Waals surface area contributed by atoms with Crippen molar-refractivity contribution in [2.75, 3.05) is 13.1 Å². The highest BCUT2D eigenvalue weighted by molar-refractivity contribution is 7.89. The molecule has 0 aliphatic carbocycles. The van der Waals surface area contributed by atoms with Gasteiger partial charge in [-0.2, -0.15) is 0 Å². The minimum atomic E-state index is -1.38. The first-order valence-corrected chi connectivity index (χ1v) is 10.9. The lowest BCUT2D eigenvalue weighted by molar-refractivity contribution is -0.146. The van der Waals surface area contributed by atoms with Gasteiger partial charge in [0.25, 0.3) is 5.56 Å². The number of carbonyl (C=O) groups excluding carboxylic acids is 1. The van der Waals surface area contributed by atoms with E-state index in [0.717, 1.165) is 12.0 Å². The van der Waals surface area contributed by atoms with Gasteiger partial charge in [0.1, 0.15) is 0 Å². The maximum absolute atomic E-state index is 13.0. The van der Waals surface area contributed by atoms with Crippen molar-refractivity contribution < 1.29 is 14.1 Å². The zero-order valence-corrected chi connectivity index (χ0v) is 17.2. The summed E-state index contributed by atoms with van der Waals surface area (Å²) in [5.74, 6) is -0.409. The SMILES string of the molecule is NC1CCN([S+]([O-])c2cccc3c(=O)n(COC(=O)Cc4ccccc4)ccc23)C1. The van der Waals surface area contributed by atoms with E-state index >= 15 is 0 Å². The molecular formula is C22H23N3O4S. The van der Waals surface area contributed by atoms with Crippen molar-refractivity contribution in [3.05, 3.63) is 76.7 Å². The highest BCUT2D eigenvalue weighted by atomic mass is 32.2. The quantitative estimate of drug-likeness (QED) is 0.477. The normalized spacial score (nSPS) is 17.9. The number of benzene rings is 2.